The highest BCUT2D eigenvalue weighted by atomic mass is 79.9. The molecule has 2 aromatic rings. The van der Waals surface area contributed by atoms with E-state index < -0.39 is 0 Å². The Kier molecular flexibility index (Phi) is 4.66. The summed E-state index contributed by atoms with van der Waals surface area (Å²) in [7, 11) is 0. The number of nitrogens with one attached hydrogen (secondary N) is 1. The minimum absolute atomic E-state index is 0.155. The minimum Gasteiger partial charge on any atom is -0.307 e. The summed E-state index contributed by atoms with van der Waals surface area (Å²) >= 11 is 3.29. The topological polar surface area (TPSA) is 12.0 Å². The second-order valence-electron chi connectivity index (χ2n) is 4.25. The van der Waals surface area contributed by atoms with Crippen LogP contribution in [0.2, 0.25) is 0 Å². The lowest BCUT2D eigenvalue weighted by Crippen LogP contribution is -2.22. The normalized spacial score (nSPS) is 12.4. The molecule has 0 fully saturated rings. The smallest absolute Gasteiger partial charge is 0.124 e. The predicted octanol–water partition coefficient (Wildman–Crippen LogP) is 4.43. The molecule has 2 rings (SSSR count). The van der Waals surface area contributed by atoms with Gasteiger partial charge in [-0.2, -0.15) is 0 Å². The zero-order valence-electron chi connectivity index (χ0n) is 10.5. The predicted molar refractivity (Wildman–Crippen MR) is 76.0 cm³/mol. The molecule has 0 saturated carbocycles. The molecule has 4 heteroatoms. The molecule has 0 heterocycles. The van der Waals surface area contributed by atoms with Gasteiger partial charge in [0.2, 0.25) is 0 Å². The average Bonchev–Trinajstić information content (AvgIpc) is 2.36. The first-order valence-electron chi connectivity index (χ1n) is 6.05. The molecule has 0 aliphatic carbocycles. The van der Waals surface area contributed by atoms with E-state index in [4.69, 9.17) is 0 Å². The van der Waals surface area contributed by atoms with Crippen molar-refractivity contribution in [1.82, 2.24) is 5.32 Å². The first-order chi connectivity index (χ1) is 9.10. The molecule has 0 amide bonds. The maximum absolute atomic E-state index is 13.5. The average molecular weight is 326 g/mol. The Morgan fingerprint density at radius 2 is 1.68 bits per heavy atom. The highest BCUT2D eigenvalue weighted by molar-refractivity contribution is 9.10. The van der Waals surface area contributed by atoms with Gasteiger partial charge in [0.25, 0.3) is 0 Å². The molecule has 0 radical (unpaired) electrons. The lowest BCUT2D eigenvalue weighted by atomic mass is 9.98. The molecule has 0 aliphatic heterocycles. The van der Waals surface area contributed by atoms with Crippen molar-refractivity contribution in [1.29, 1.82) is 0 Å². The van der Waals surface area contributed by atoms with Gasteiger partial charge < -0.3 is 5.32 Å². The highest BCUT2D eigenvalue weighted by Crippen LogP contribution is 2.26. The Balaban J connectivity index is 2.41. The number of halogens is 3. The Hall–Kier alpha value is -1.26. The van der Waals surface area contributed by atoms with Crippen molar-refractivity contribution in [3.05, 3.63) is 69.7 Å². The molecule has 2 aromatic carbocycles. The monoisotopic (exact) mass is 325 g/mol. The van der Waals surface area contributed by atoms with Crippen LogP contribution in [0.5, 0.6) is 0 Å². The third-order valence-electron chi connectivity index (χ3n) is 2.83. The summed E-state index contributed by atoms with van der Waals surface area (Å²) in [5.74, 6) is -0.575. The van der Waals surface area contributed by atoms with E-state index >= 15 is 0 Å². The van der Waals surface area contributed by atoms with Gasteiger partial charge in [-0.05, 0) is 48.0 Å². The molecule has 0 aromatic heterocycles. The summed E-state index contributed by atoms with van der Waals surface area (Å²) in [6, 6.07) is 10.8. The number of rotatable bonds is 4. The SMILES string of the molecule is CCNC(c1ccc(F)cc1)c1cc(F)cc(Br)c1. The van der Waals surface area contributed by atoms with Crippen LogP contribution in [0.25, 0.3) is 0 Å². The van der Waals surface area contributed by atoms with E-state index in [2.05, 4.69) is 21.2 Å². The zero-order valence-corrected chi connectivity index (χ0v) is 12.0. The lowest BCUT2D eigenvalue weighted by molar-refractivity contribution is 0.598. The van der Waals surface area contributed by atoms with Crippen LogP contribution in [0.3, 0.4) is 0 Å². The van der Waals surface area contributed by atoms with E-state index in [0.29, 0.717) is 4.47 Å². The largest absolute Gasteiger partial charge is 0.307 e. The molecule has 0 spiro atoms. The quantitative estimate of drug-likeness (QED) is 0.877. The standard InChI is InChI=1S/C15H14BrF2N/c1-2-19-15(10-3-5-13(17)6-4-10)11-7-12(16)9-14(18)8-11/h3-9,15,19H,2H2,1H3. The third-order valence-corrected chi connectivity index (χ3v) is 3.29. The first-order valence-corrected chi connectivity index (χ1v) is 6.84. The Labute approximate surface area is 119 Å². The lowest BCUT2D eigenvalue weighted by Gasteiger charge is -2.19. The third kappa shape index (κ3) is 3.61. The van der Waals surface area contributed by atoms with E-state index in [1.807, 2.05) is 13.0 Å². The van der Waals surface area contributed by atoms with Crippen molar-refractivity contribution in [2.45, 2.75) is 13.0 Å². The van der Waals surface area contributed by atoms with E-state index in [1.165, 1.54) is 24.3 Å². The summed E-state index contributed by atoms with van der Waals surface area (Å²) in [6.07, 6.45) is 0. The second kappa shape index (κ2) is 6.26. The second-order valence-corrected chi connectivity index (χ2v) is 5.16. The van der Waals surface area contributed by atoms with Crippen LogP contribution in [-0.2, 0) is 0 Å². The van der Waals surface area contributed by atoms with Crippen molar-refractivity contribution in [2.24, 2.45) is 0 Å². The van der Waals surface area contributed by atoms with Crippen LogP contribution in [-0.4, -0.2) is 6.54 Å². The fourth-order valence-corrected chi connectivity index (χ4v) is 2.51. The van der Waals surface area contributed by atoms with E-state index in [0.717, 1.165) is 17.7 Å². The molecule has 1 unspecified atom stereocenters. The molecule has 100 valence electrons. The molecule has 19 heavy (non-hydrogen) atoms. The Bertz CT molecular complexity index is 534. The van der Waals surface area contributed by atoms with Gasteiger partial charge in [0.15, 0.2) is 0 Å². The Morgan fingerprint density at radius 1 is 1.00 bits per heavy atom. The van der Waals surface area contributed by atoms with Gasteiger partial charge in [-0.1, -0.05) is 35.0 Å². The van der Waals surface area contributed by atoms with Crippen LogP contribution in [0.15, 0.2) is 46.9 Å². The molecule has 1 N–H and O–H groups in total. The van der Waals surface area contributed by atoms with Crippen molar-refractivity contribution >= 4 is 15.9 Å². The summed E-state index contributed by atoms with van der Waals surface area (Å²) in [5.41, 5.74) is 1.71. The number of benzene rings is 2. The van der Waals surface area contributed by atoms with Crippen molar-refractivity contribution in [2.75, 3.05) is 6.54 Å². The van der Waals surface area contributed by atoms with Gasteiger partial charge in [-0.15, -0.1) is 0 Å². The summed E-state index contributed by atoms with van der Waals surface area (Å²) in [6.45, 7) is 2.71. The van der Waals surface area contributed by atoms with Gasteiger partial charge in [0.05, 0.1) is 6.04 Å². The van der Waals surface area contributed by atoms with Crippen LogP contribution < -0.4 is 5.32 Å². The first kappa shape index (κ1) is 14.2. The number of hydrogen-bond donors (Lipinski definition) is 1. The van der Waals surface area contributed by atoms with Crippen LogP contribution in [0.4, 0.5) is 8.78 Å². The van der Waals surface area contributed by atoms with Crippen molar-refractivity contribution < 1.29 is 8.78 Å². The molecule has 1 atom stereocenters. The molecular weight excluding hydrogens is 312 g/mol. The van der Waals surface area contributed by atoms with Gasteiger partial charge >= 0.3 is 0 Å². The van der Waals surface area contributed by atoms with Gasteiger partial charge in [0.1, 0.15) is 11.6 Å². The zero-order chi connectivity index (χ0) is 13.8. The fraction of sp³-hybridized carbons (Fsp3) is 0.200. The molecule has 0 bridgehead atoms. The van der Waals surface area contributed by atoms with Crippen LogP contribution in [0.1, 0.15) is 24.1 Å². The number of hydrogen-bond acceptors (Lipinski definition) is 1. The van der Waals surface area contributed by atoms with Gasteiger partial charge in [-0.3, -0.25) is 0 Å². The van der Waals surface area contributed by atoms with Crippen molar-refractivity contribution in [3.8, 4) is 0 Å². The summed E-state index contributed by atoms with van der Waals surface area (Å²) in [4.78, 5) is 0. The van der Waals surface area contributed by atoms with Gasteiger partial charge in [0, 0.05) is 4.47 Å². The molecule has 1 nitrogen and oxygen atoms in total. The van der Waals surface area contributed by atoms with E-state index in [9.17, 15) is 8.78 Å². The Morgan fingerprint density at radius 3 is 2.26 bits per heavy atom. The molecular formula is C15H14BrF2N. The van der Waals surface area contributed by atoms with Crippen molar-refractivity contribution in [3.63, 3.8) is 0 Å². The van der Waals surface area contributed by atoms with E-state index in [1.54, 1.807) is 12.1 Å². The molecule has 0 aliphatic rings. The minimum atomic E-state index is -0.297. The van der Waals surface area contributed by atoms with Crippen LogP contribution >= 0.6 is 15.9 Å². The highest BCUT2D eigenvalue weighted by Gasteiger charge is 2.14. The van der Waals surface area contributed by atoms with Gasteiger partial charge in [-0.25, -0.2) is 8.78 Å². The molecule has 0 saturated heterocycles. The summed E-state index contributed by atoms with van der Waals surface area (Å²) < 4.78 is 27.2. The van der Waals surface area contributed by atoms with E-state index in [-0.39, 0.29) is 17.7 Å². The van der Waals surface area contributed by atoms with Crippen LogP contribution in [0, 0.1) is 11.6 Å². The maximum Gasteiger partial charge on any atom is 0.124 e. The maximum atomic E-state index is 13.5. The fourth-order valence-electron chi connectivity index (χ4n) is 2.03. The summed E-state index contributed by atoms with van der Waals surface area (Å²) in [5, 5.41) is 3.28.